The molecule has 0 spiro atoms. The summed E-state index contributed by atoms with van der Waals surface area (Å²) < 4.78 is 5.61. The van der Waals surface area contributed by atoms with Crippen molar-refractivity contribution in [3.05, 3.63) is 29.3 Å². The van der Waals surface area contributed by atoms with Crippen LogP contribution >= 0.6 is 0 Å². The molecule has 2 aliphatic rings. The standard InChI is InChI=1S/C17H23NO2/c1-11-5-12(2)7-15(6-11)20-10-17(19)18-16-9-13-3-4-14(16)8-13/h5-7,13-14,16H,3-4,8-10H2,1-2H3,(H,18,19)/t13-,14-,16+/m1/s1. The van der Waals surface area contributed by atoms with Crippen molar-refractivity contribution in [1.82, 2.24) is 5.32 Å². The number of benzene rings is 1. The topological polar surface area (TPSA) is 38.3 Å². The Morgan fingerprint density at radius 3 is 2.55 bits per heavy atom. The number of amides is 1. The maximum atomic E-state index is 12.0. The lowest BCUT2D eigenvalue weighted by atomic mass is 9.95. The minimum Gasteiger partial charge on any atom is -0.484 e. The largest absolute Gasteiger partial charge is 0.484 e. The van der Waals surface area contributed by atoms with E-state index < -0.39 is 0 Å². The van der Waals surface area contributed by atoms with Gasteiger partial charge in [-0.1, -0.05) is 12.5 Å². The Bertz CT molecular complexity index is 491. The second-order valence-electron chi connectivity index (χ2n) is 6.46. The van der Waals surface area contributed by atoms with E-state index in [2.05, 4.69) is 11.4 Å². The van der Waals surface area contributed by atoms with E-state index >= 15 is 0 Å². The molecule has 3 nitrogen and oxygen atoms in total. The van der Waals surface area contributed by atoms with Crippen LogP contribution in [0.1, 0.15) is 36.8 Å². The van der Waals surface area contributed by atoms with Gasteiger partial charge in [-0.05, 0) is 68.2 Å². The molecule has 2 saturated carbocycles. The summed E-state index contributed by atoms with van der Waals surface area (Å²) in [6, 6.07) is 6.43. The summed E-state index contributed by atoms with van der Waals surface area (Å²) in [7, 11) is 0. The zero-order valence-electron chi connectivity index (χ0n) is 12.3. The molecule has 2 fully saturated rings. The van der Waals surface area contributed by atoms with Crippen molar-refractivity contribution in [2.45, 2.75) is 45.6 Å². The van der Waals surface area contributed by atoms with Crippen LogP contribution in [0.2, 0.25) is 0 Å². The van der Waals surface area contributed by atoms with E-state index in [1.54, 1.807) is 0 Å². The molecule has 20 heavy (non-hydrogen) atoms. The summed E-state index contributed by atoms with van der Waals surface area (Å²) in [5.41, 5.74) is 2.32. The molecule has 3 atom stereocenters. The molecule has 0 unspecified atom stereocenters. The summed E-state index contributed by atoms with van der Waals surface area (Å²) in [5, 5.41) is 3.15. The smallest absolute Gasteiger partial charge is 0.258 e. The van der Waals surface area contributed by atoms with Gasteiger partial charge < -0.3 is 10.1 Å². The fraction of sp³-hybridized carbons (Fsp3) is 0.588. The third-order valence-corrected chi connectivity index (χ3v) is 4.65. The monoisotopic (exact) mass is 273 g/mol. The zero-order valence-corrected chi connectivity index (χ0v) is 12.3. The molecule has 3 heteroatoms. The van der Waals surface area contributed by atoms with E-state index in [1.165, 1.54) is 25.7 Å². The Balaban J connectivity index is 1.49. The molecule has 0 aromatic heterocycles. The average molecular weight is 273 g/mol. The Kier molecular flexibility index (Phi) is 3.68. The number of carbonyl (C=O) groups is 1. The molecule has 2 bridgehead atoms. The van der Waals surface area contributed by atoms with Gasteiger partial charge in [0.15, 0.2) is 6.61 Å². The minimum absolute atomic E-state index is 0.0155. The van der Waals surface area contributed by atoms with Crippen molar-refractivity contribution >= 4 is 5.91 Å². The van der Waals surface area contributed by atoms with Crippen LogP contribution < -0.4 is 10.1 Å². The zero-order chi connectivity index (χ0) is 14.1. The Hall–Kier alpha value is -1.51. The maximum absolute atomic E-state index is 12.0. The van der Waals surface area contributed by atoms with Crippen molar-refractivity contribution in [3.63, 3.8) is 0 Å². The first-order chi connectivity index (χ1) is 9.60. The molecule has 108 valence electrons. The highest BCUT2D eigenvalue weighted by Gasteiger charge is 2.40. The van der Waals surface area contributed by atoms with Gasteiger partial charge in [0, 0.05) is 6.04 Å². The third-order valence-electron chi connectivity index (χ3n) is 4.65. The van der Waals surface area contributed by atoms with Gasteiger partial charge in [-0.25, -0.2) is 0 Å². The Labute approximate surface area is 120 Å². The molecule has 0 aliphatic heterocycles. The van der Waals surface area contributed by atoms with Crippen molar-refractivity contribution < 1.29 is 9.53 Å². The predicted octanol–water partition coefficient (Wildman–Crippen LogP) is 2.99. The number of aryl methyl sites for hydroxylation is 2. The molecule has 0 radical (unpaired) electrons. The molecule has 1 aromatic rings. The molecule has 1 N–H and O–H groups in total. The molecule has 1 aromatic carbocycles. The van der Waals surface area contributed by atoms with Crippen LogP contribution in [0.3, 0.4) is 0 Å². The quantitative estimate of drug-likeness (QED) is 0.916. The van der Waals surface area contributed by atoms with Gasteiger partial charge >= 0.3 is 0 Å². The lowest BCUT2D eigenvalue weighted by Gasteiger charge is -2.22. The summed E-state index contributed by atoms with van der Waals surface area (Å²) in [6.07, 6.45) is 5.12. The Morgan fingerprint density at radius 2 is 1.95 bits per heavy atom. The predicted molar refractivity (Wildman–Crippen MR) is 78.8 cm³/mol. The van der Waals surface area contributed by atoms with Gasteiger partial charge in [-0.15, -0.1) is 0 Å². The molecule has 0 heterocycles. The number of carbonyl (C=O) groups excluding carboxylic acids is 1. The minimum atomic E-state index is 0.0155. The van der Waals surface area contributed by atoms with Crippen LogP contribution in [-0.2, 0) is 4.79 Å². The molecule has 3 rings (SSSR count). The number of hydrogen-bond acceptors (Lipinski definition) is 2. The summed E-state index contributed by atoms with van der Waals surface area (Å²) in [5.74, 6) is 2.36. The van der Waals surface area contributed by atoms with E-state index in [0.29, 0.717) is 12.0 Å². The van der Waals surface area contributed by atoms with Gasteiger partial charge in [-0.2, -0.15) is 0 Å². The fourth-order valence-electron chi connectivity index (χ4n) is 3.84. The van der Waals surface area contributed by atoms with Gasteiger partial charge in [0.1, 0.15) is 5.75 Å². The lowest BCUT2D eigenvalue weighted by molar-refractivity contribution is -0.124. The van der Waals surface area contributed by atoms with Crippen molar-refractivity contribution in [2.24, 2.45) is 11.8 Å². The van der Waals surface area contributed by atoms with Crippen LogP contribution in [-0.4, -0.2) is 18.6 Å². The molecule has 0 saturated heterocycles. The maximum Gasteiger partial charge on any atom is 0.258 e. The highest BCUT2D eigenvalue weighted by Crippen LogP contribution is 2.44. The molecular formula is C17H23NO2. The summed E-state index contributed by atoms with van der Waals surface area (Å²) in [6.45, 7) is 4.20. The third kappa shape index (κ3) is 2.97. The van der Waals surface area contributed by atoms with Gasteiger partial charge in [0.05, 0.1) is 0 Å². The van der Waals surface area contributed by atoms with Gasteiger partial charge in [-0.3, -0.25) is 4.79 Å². The average Bonchev–Trinajstić information content (AvgIpc) is 2.97. The van der Waals surface area contributed by atoms with Crippen LogP contribution in [0, 0.1) is 25.7 Å². The van der Waals surface area contributed by atoms with E-state index in [4.69, 9.17) is 4.74 Å². The number of rotatable bonds is 4. The van der Waals surface area contributed by atoms with Gasteiger partial charge in [0.2, 0.25) is 0 Å². The van der Waals surface area contributed by atoms with E-state index in [1.807, 2.05) is 26.0 Å². The SMILES string of the molecule is Cc1cc(C)cc(OCC(=O)N[C@H]2C[C@@H]3CC[C@@H]2C3)c1. The normalized spacial score (nSPS) is 27.6. The van der Waals surface area contributed by atoms with E-state index in [9.17, 15) is 4.79 Å². The molecule has 2 aliphatic carbocycles. The lowest BCUT2D eigenvalue weighted by Crippen LogP contribution is -2.40. The first kappa shape index (κ1) is 13.5. The highest BCUT2D eigenvalue weighted by molar-refractivity contribution is 5.78. The van der Waals surface area contributed by atoms with E-state index in [-0.39, 0.29) is 12.5 Å². The number of nitrogens with one attached hydrogen (secondary N) is 1. The fourth-order valence-corrected chi connectivity index (χ4v) is 3.84. The Morgan fingerprint density at radius 1 is 1.20 bits per heavy atom. The van der Waals surface area contributed by atoms with Crippen LogP contribution in [0.15, 0.2) is 18.2 Å². The van der Waals surface area contributed by atoms with Crippen molar-refractivity contribution in [1.29, 1.82) is 0 Å². The number of fused-ring (bicyclic) bond motifs is 2. The van der Waals surface area contributed by atoms with Gasteiger partial charge in [0.25, 0.3) is 5.91 Å². The summed E-state index contributed by atoms with van der Waals surface area (Å²) >= 11 is 0. The highest BCUT2D eigenvalue weighted by atomic mass is 16.5. The number of ether oxygens (including phenoxy) is 1. The second kappa shape index (κ2) is 5.47. The summed E-state index contributed by atoms with van der Waals surface area (Å²) in [4.78, 5) is 12.0. The van der Waals surface area contributed by atoms with Crippen LogP contribution in [0.4, 0.5) is 0 Å². The molecule has 1 amide bonds. The first-order valence-corrected chi connectivity index (χ1v) is 7.60. The van der Waals surface area contributed by atoms with Crippen LogP contribution in [0.25, 0.3) is 0 Å². The van der Waals surface area contributed by atoms with Crippen molar-refractivity contribution in [2.75, 3.05) is 6.61 Å². The van der Waals surface area contributed by atoms with Crippen molar-refractivity contribution in [3.8, 4) is 5.75 Å². The van der Waals surface area contributed by atoms with Crippen LogP contribution in [0.5, 0.6) is 5.75 Å². The number of hydrogen-bond donors (Lipinski definition) is 1. The van der Waals surface area contributed by atoms with E-state index in [0.717, 1.165) is 22.8 Å². The second-order valence-corrected chi connectivity index (χ2v) is 6.46. The first-order valence-electron chi connectivity index (χ1n) is 7.60. The molecular weight excluding hydrogens is 250 g/mol.